The Balaban J connectivity index is 2.57. The number of carbonyl (C=O) groups excluding carboxylic acids is 1. The molecule has 0 spiro atoms. The molecule has 0 aromatic heterocycles. The molecule has 1 aromatic rings. The summed E-state index contributed by atoms with van der Waals surface area (Å²) in [6.45, 7) is 2.17. The number of carboxylic acid groups (broad SMARTS) is 1. The second-order valence-electron chi connectivity index (χ2n) is 5.59. The molecule has 1 atom stereocenters. The summed E-state index contributed by atoms with van der Waals surface area (Å²) >= 11 is 0. The molecule has 6 heteroatoms. The molecule has 1 rings (SSSR count). The minimum atomic E-state index is -0.871. The molecule has 0 heterocycles. The summed E-state index contributed by atoms with van der Waals surface area (Å²) in [4.78, 5) is 21.1. The highest BCUT2D eigenvalue weighted by Crippen LogP contribution is 2.21. The zero-order valence-electron chi connectivity index (χ0n) is 13.7. The molecule has 0 saturated carbocycles. The Kier molecular flexibility index (Phi) is 8.34. The molecule has 0 unspecified atom stereocenters. The number of aliphatic carboxylic acids is 1. The third-order valence-electron chi connectivity index (χ3n) is 3.29. The van der Waals surface area contributed by atoms with Crippen molar-refractivity contribution in [1.29, 1.82) is 0 Å². The van der Waals surface area contributed by atoms with Crippen LogP contribution in [-0.2, 0) is 9.59 Å². The topological polar surface area (TPSA) is 89.6 Å². The standard InChI is InChI=1S/C18H22FNO4/c1-13(10-11-16(20)21)12-24-15-8-5-7-14(18(15)19)6-3-2-4-9-17(22)23/h5,7-8,13H,2,4,9-12H2,1H3,(H2,20,21)(H,22,23)/t13-/m0/s1. The Morgan fingerprint density at radius 1 is 1.38 bits per heavy atom. The number of carbonyl (C=O) groups is 2. The molecule has 0 fully saturated rings. The van der Waals surface area contributed by atoms with E-state index in [4.69, 9.17) is 15.6 Å². The van der Waals surface area contributed by atoms with E-state index in [-0.39, 0.29) is 42.6 Å². The van der Waals surface area contributed by atoms with Crippen LogP contribution in [-0.4, -0.2) is 23.6 Å². The van der Waals surface area contributed by atoms with Crippen LogP contribution in [0.1, 0.15) is 44.6 Å². The van der Waals surface area contributed by atoms with Gasteiger partial charge in [0.1, 0.15) is 0 Å². The van der Waals surface area contributed by atoms with Crippen LogP contribution < -0.4 is 10.5 Å². The zero-order valence-corrected chi connectivity index (χ0v) is 13.7. The van der Waals surface area contributed by atoms with Crippen molar-refractivity contribution in [2.75, 3.05) is 6.61 Å². The molecular weight excluding hydrogens is 313 g/mol. The Hall–Kier alpha value is -2.55. The summed E-state index contributed by atoms with van der Waals surface area (Å²) in [5.74, 6) is 3.86. The molecule has 1 aromatic carbocycles. The second-order valence-corrected chi connectivity index (χ2v) is 5.59. The van der Waals surface area contributed by atoms with Crippen molar-refractivity contribution in [1.82, 2.24) is 0 Å². The fourth-order valence-corrected chi connectivity index (χ4v) is 1.91. The van der Waals surface area contributed by atoms with E-state index < -0.39 is 11.8 Å². The summed E-state index contributed by atoms with van der Waals surface area (Å²) in [6.07, 6.45) is 1.72. The van der Waals surface area contributed by atoms with Crippen molar-refractivity contribution in [3.63, 3.8) is 0 Å². The largest absolute Gasteiger partial charge is 0.490 e. The van der Waals surface area contributed by atoms with Crippen molar-refractivity contribution in [2.24, 2.45) is 11.7 Å². The van der Waals surface area contributed by atoms with Crippen LogP contribution in [0, 0.1) is 23.6 Å². The first-order chi connectivity index (χ1) is 11.4. The highest BCUT2D eigenvalue weighted by Gasteiger charge is 2.10. The van der Waals surface area contributed by atoms with Gasteiger partial charge in [0.05, 0.1) is 12.2 Å². The number of primary amides is 1. The van der Waals surface area contributed by atoms with Gasteiger partial charge < -0.3 is 15.6 Å². The molecule has 24 heavy (non-hydrogen) atoms. The van der Waals surface area contributed by atoms with Gasteiger partial charge >= 0.3 is 5.97 Å². The predicted molar refractivity (Wildman–Crippen MR) is 87.9 cm³/mol. The number of hydrogen-bond donors (Lipinski definition) is 2. The molecule has 1 amide bonds. The Bertz CT molecular complexity index is 634. The van der Waals surface area contributed by atoms with E-state index in [2.05, 4.69) is 11.8 Å². The minimum Gasteiger partial charge on any atom is -0.490 e. The van der Waals surface area contributed by atoms with Crippen LogP contribution in [0.3, 0.4) is 0 Å². The maximum absolute atomic E-state index is 14.3. The Morgan fingerprint density at radius 3 is 2.79 bits per heavy atom. The number of nitrogens with two attached hydrogens (primary N) is 1. The van der Waals surface area contributed by atoms with Gasteiger partial charge in [0.25, 0.3) is 0 Å². The Labute approximate surface area is 141 Å². The molecule has 0 radical (unpaired) electrons. The van der Waals surface area contributed by atoms with Gasteiger partial charge in [-0.15, -0.1) is 0 Å². The summed E-state index contributed by atoms with van der Waals surface area (Å²) in [5.41, 5.74) is 5.30. The number of ether oxygens (including phenoxy) is 1. The Morgan fingerprint density at radius 2 is 2.12 bits per heavy atom. The molecule has 0 bridgehead atoms. The van der Waals surface area contributed by atoms with Gasteiger partial charge in [-0.05, 0) is 30.9 Å². The van der Waals surface area contributed by atoms with Crippen molar-refractivity contribution in [2.45, 2.75) is 39.0 Å². The number of rotatable bonds is 9. The average Bonchev–Trinajstić information content (AvgIpc) is 2.52. The average molecular weight is 335 g/mol. The maximum Gasteiger partial charge on any atom is 0.303 e. The number of unbranched alkanes of at least 4 members (excludes halogenated alkanes) is 1. The van der Waals surface area contributed by atoms with Crippen molar-refractivity contribution < 1.29 is 23.8 Å². The SMILES string of the molecule is C[C@@H](CCC(N)=O)COc1cccc(C#CCCCC(=O)O)c1F. The highest BCUT2D eigenvalue weighted by atomic mass is 19.1. The lowest BCUT2D eigenvalue weighted by Crippen LogP contribution is -2.15. The fraction of sp³-hybridized carbons (Fsp3) is 0.444. The van der Waals surface area contributed by atoms with Crippen molar-refractivity contribution in [3.05, 3.63) is 29.6 Å². The van der Waals surface area contributed by atoms with Gasteiger partial charge in [0, 0.05) is 19.3 Å². The summed E-state index contributed by atoms with van der Waals surface area (Å²) < 4.78 is 19.7. The molecule has 5 nitrogen and oxygen atoms in total. The van der Waals surface area contributed by atoms with E-state index in [1.807, 2.05) is 6.92 Å². The maximum atomic E-state index is 14.3. The fourth-order valence-electron chi connectivity index (χ4n) is 1.91. The van der Waals surface area contributed by atoms with E-state index in [9.17, 15) is 14.0 Å². The normalized spacial score (nSPS) is 11.2. The lowest BCUT2D eigenvalue weighted by Gasteiger charge is -2.13. The monoisotopic (exact) mass is 335 g/mol. The van der Waals surface area contributed by atoms with Gasteiger partial charge in [0.2, 0.25) is 5.91 Å². The van der Waals surface area contributed by atoms with E-state index in [0.29, 0.717) is 19.3 Å². The van der Waals surface area contributed by atoms with Crippen molar-refractivity contribution >= 4 is 11.9 Å². The van der Waals surface area contributed by atoms with Crippen LogP contribution in [0.25, 0.3) is 0 Å². The summed E-state index contributed by atoms with van der Waals surface area (Å²) in [5, 5.41) is 8.53. The molecule has 0 aliphatic heterocycles. The highest BCUT2D eigenvalue weighted by molar-refractivity contribution is 5.73. The predicted octanol–water partition coefficient (Wildman–Crippen LogP) is 2.71. The zero-order chi connectivity index (χ0) is 17.9. The number of carboxylic acids is 1. The first-order valence-electron chi connectivity index (χ1n) is 7.80. The van der Waals surface area contributed by atoms with Gasteiger partial charge in [-0.25, -0.2) is 4.39 Å². The molecule has 0 saturated heterocycles. The van der Waals surface area contributed by atoms with E-state index in [0.717, 1.165) is 0 Å². The lowest BCUT2D eigenvalue weighted by molar-refractivity contribution is -0.137. The lowest BCUT2D eigenvalue weighted by atomic mass is 10.1. The van der Waals surface area contributed by atoms with Gasteiger partial charge in [-0.3, -0.25) is 9.59 Å². The van der Waals surface area contributed by atoms with Gasteiger partial charge in [-0.1, -0.05) is 24.8 Å². The van der Waals surface area contributed by atoms with Crippen LogP contribution in [0.4, 0.5) is 4.39 Å². The molecular formula is C18H22FNO4. The smallest absolute Gasteiger partial charge is 0.303 e. The number of halogens is 1. The molecule has 0 aliphatic carbocycles. The summed E-state index contributed by atoms with van der Waals surface area (Å²) in [6, 6.07) is 4.71. The van der Waals surface area contributed by atoms with E-state index in [1.54, 1.807) is 12.1 Å². The quantitative estimate of drug-likeness (QED) is 0.536. The number of benzene rings is 1. The van der Waals surface area contributed by atoms with Crippen LogP contribution in [0.5, 0.6) is 5.75 Å². The van der Waals surface area contributed by atoms with E-state index >= 15 is 0 Å². The number of amides is 1. The van der Waals surface area contributed by atoms with Gasteiger partial charge in [-0.2, -0.15) is 0 Å². The molecule has 3 N–H and O–H groups in total. The van der Waals surface area contributed by atoms with Crippen LogP contribution in [0.15, 0.2) is 18.2 Å². The third-order valence-corrected chi connectivity index (χ3v) is 3.29. The summed E-state index contributed by atoms with van der Waals surface area (Å²) in [7, 11) is 0. The number of hydrogen-bond acceptors (Lipinski definition) is 3. The molecule has 0 aliphatic rings. The minimum absolute atomic E-state index is 0.0451. The second kappa shape index (κ2) is 10.3. The van der Waals surface area contributed by atoms with Crippen LogP contribution >= 0.6 is 0 Å². The van der Waals surface area contributed by atoms with Crippen LogP contribution in [0.2, 0.25) is 0 Å². The first kappa shape index (κ1) is 19.5. The first-order valence-corrected chi connectivity index (χ1v) is 7.80. The van der Waals surface area contributed by atoms with Gasteiger partial charge in [0.15, 0.2) is 11.6 Å². The van der Waals surface area contributed by atoms with Crippen molar-refractivity contribution in [3.8, 4) is 17.6 Å². The third kappa shape index (κ3) is 7.63. The molecule has 130 valence electrons. The van der Waals surface area contributed by atoms with E-state index in [1.165, 1.54) is 6.07 Å².